The average Bonchev–Trinajstić information content (AvgIpc) is 3.35. The average molecular weight is 512 g/mol. The molecular formula is C26H23F3N4O4. The molecule has 192 valence electrons. The van der Waals surface area contributed by atoms with E-state index in [-0.39, 0.29) is 18.3 Å². The summed E-state index contributed by atoms with van der Waals surface area (Å²) in [5.41, 5.74) is 1.87. The van der Waals surface area contributed by atoms with Crippen LogP contribution >= 0.6 is 0 Å². The summed E-state index contributed by atoms with van der Waals surface area (Å²) in [6.07, 6.45) is -1.57. The lowest BCUT2D eigenvalue weighted by Gasteiger charge is -2.17. The Kier molecular flexibility index (Phi) is 7.44. The standard InChI is InChI=1S/C26H23F3N4O4/c1-16-12-20(32-25-31-14-22(37-25)18-6-8-19(9-7-18)26(27,28)29)13-30-23(16)24(34)33(2)36-15-17-4-10-21(35-3)11-5-17/h4-14H,15H2,1-3H3,(H,31,32). The van der Waals surface area contributed by atoms with E-state index in [1.807, 2.05) is 12.1 Å². The third kappa shape index (κ3) is 6.25. The molecule has 0 radical (unpaired) electrons. The number of amides is 1. The number of benzene rings is 2. The first-order valence-electron chi connectivity index (χ1n) is 11.0. The highest BCUT2D eigenvalue weighted by atomic mass is 19.4. The molecule has 0 spiro atoms. The van der Waals surface area contributed by atoms with E-state index < -0.39 is 17.6 Å². The second-order valence-corrected chi connectivity index (χ2v) is 8.04. The van der Waals surface area contributed by atoms with Crippen molar-refractivity contribution in [3.05, 3.63) is 89.4 Å². The highest BCUT2D eigenvalue weighted by molar-refractivity contribution is 5.93. The molecule has 11 heteroatoms. The summed E-state index contributed by atoms with van der Waals surface area (Å²) in [5.74, 6) is 0.601. The number of aryl methyl sites for hydroxylation is 1. The largest absolute Gasteiger partial charge is 0.497 e. The number of pyridine rings is 1. The van der Waals surface area contributed by atoms with Gasteiger partial charge in [-0.3, -0.25) is 9.63 Å². The molecule has 1 N–H and O–H groups in total. The fourth-order valence-corrected chi connectivity index (χ4v) is 3.38. The molecule has 0 aliphatic rings. The summed E-state index contributed by atoms with van der Waals surface area (Å²) in [7, 11) is 3.09. The van der Waals surface area contributed by atoms with Crippen LogP contribution in [0.15, 0.2) is 71.4 Å². The van der Waals surface area contributed by atoms with Crippen molar-refractivity contribution in [1.82, 2.24) is 15.0 Å². The lowest BCUT2D eigenvalue weighted by Crippen LogP contribution is -2.28. The number of hydrogen-bond donors (Lipinski definition) is 1. The van der Waals surface area contributed by atoms with Gasteiger partial charge in [-0.15, -0.1) is 0 Å². The number of nitrogens with one attached hydrogen (secondary N) is 1. The van der Waals surface area contributed by atoms with Gasteiger partial charge in [0.15, 0.2) is 5.76 Å². The Hall–Kier alpha value is -4.38. The fourth-order valence-electron chi connectivity index (χ4n) is 3.38. The molecule has 2 aromatic heterocycles. The summed E-state index contributed by atoms with van der Waals surface area (Å²) in [4.78, 5) is 26.7. The Bertz CT molecular complexity index is 1370. The van der Waals surface area contributed by atoms with Crippen LogP contribution in [0.25, 0.3) is 11.3 Å². The van der Waals surface area contributed by atoms with Gasteiger partial charge in [0.2, 0.25) is 0 Å². The van der Waals surface area contributed by atoms with Crippen LogP contribution in [0.2, 0.25) is 0 Å². The first kappa shape index (κ1) is 25.7. The highest BCUT2D eigenvalue weighted by Gasteiger charge is 2.30. The van der Waals surface area contributed by atoms with Crippen LogP contribution < -0.4 is 10.1 Å². The fraction of sp³-hybridized carbons (Fsp3) is 0.192. The summed E-state index contributed by atoms with van der Waals surface area (Å²) in [5, 5.41) is 4.06. The van der Waals surface area contributed by atoms with Crippen molar-refractivity contribution in [2.75, 3.05) is 19.5 Å². The third-order valence-electron chi connectivity index (χ3n) is 5.40. The van der Waals surface area contributed by atoms with Crippen molar-refractivity contribution in [2.24, 2.45) is 0 Å². The minimum atomic E-state index is -4.41. The number of nitrogens with zero attached hydrogens (tertiary/aromatic N) is 3. The second-order valence-electron chi connectivity index (χ2n) is 8.04. The predicted octanol–water partition coefficient (Wildman–Crippen LogP) is 6.02. The van der Waals surface area contributed by atoms with Gasteiger partial charge in [-0.05, 0) is 48.4 Å². The van der Waals surface area contributed by atoms with Crippen molar-refractivity contribution < 1.29 is 32.0 Å². The quantitative estimate of drug-likeness (QED) is 0.289. The molecule has 0 fully saturated rings. The van der Waals surface area contributed by atoms with Crippen LogP contribution in [0.5, 0.6) is 5.75 Å². The van der Waals surface area contributed by atoms with Crippen molar-refractivity contribution in [1.29, 1.82) is 0 Å². The molecule has 0 aliphatic heterocycles. The van der Waals surface area contributed by atoms with E-state index >= 15 is 0 Å². The minimum Gasteiger partial charge on any atom is -0.497 e. The van der Waals surface area contributed by atoms with Crippen LogP contribution in [0.1, 0.15) is 27.2 Å². The monoisotopic (exact) mass is 512 g/mol. The summed E-state index contributed by atoms with van der Waals surface area (Å²) >= 11 is 0. The number of carbonyl (C=O) groups excluding carboxylic acids is 1. The number of hydroxylamine groups is 2. The van der Waals surface area contributed by atoms with Crippen molar-refractivity contribution in [2.45, 2.75) is 19.7 Å². The van der Waals surface area contributed by atoms with Crippen LogP contribution in [-0.2, 0) is 17.6 Å². The molecule has 0 saturated heterocycles. The number of oxazole rings is 1. The van der Waals surface area contributed by atoms with Crippen LogP contribution in [0.4, 0.5) is 24.9 Å². The second kappa shape index (κ2) is 10.7. The molecule has 0 atom stereocenters. The van der Waals surface area contributed by atoms with E-state index in [1.165, 1.54) is 31.6 Å². The molecule has 0 bridgehead atoms. The van der Waals surface area contributed by atoms with Crippen LogP contribution in [0, 0.1) is 6.92 Å². The summed E-state index contributed by atoms with van der Waals surface area (Å²) in [6.45, 7) is 1.92. The molecule has 0 saturated carbocycles. The molecule has 4 aromatic rings. The molecular weight excluding hydrogens is 489 g/mol. The number of hydrogen-bond acceptors (Lipinski definition) is 7. The number of ether oxygens (including phenoxy) is 1. The Balaban J connectivity index is 1.38. The maximum absolute atomic E-state index is 12.8. The number of aromatic nitrogens is 2. The Morgan fingerprint density at radius 3 is 2.38 bits per heavy atom. The van der Waals surface area contributed by atoms with Gasteiger partial charge >= 0.3 is 6.18 Å². The zero-order valence-electron chi connectivity index (χ0n) is 20.2. The van der Waals surface area contributed by atoms with Gasteiger partial charge in [0.05, 0.1) is 30.8 Å². The van der Waals surface area contributed by atoms with Crippen LogP contribution in [0.3, 0.4) is 0 Å². The highest BCUT2D eigenvalue weighted by Crippen LogP contribution is 2.32. The van der Waals surface area contributed by atoms with E-state index in [4.69, 9.17) is 14.0 Å². The molecule has 2 heterocycles. The lowest BCUT2D eigenvalue weighted by molar-refractivity contribution is -0.137. The molecule has 4 rings (SSSR count). The van der Waals surface area contributed by atoms with Crippen molar-refractivity contribution in [3.63, 3.8) is 0 Å². The van der Waals surface area contributed by atoms with Gasteiger partial charge in [-0.25, -0.2) is 15.0 Å². The first-order valence-corrected chi connectivity index (χ1v) is 11.0. The van der Waals surface area contributed by atoms with Gasteiger partial charge in [-0.2, -0.15) is 13.2 Å². The Morgan fingerprint density at radius 1 is 1.05 bits per heavy atom. The lowest BCUT2D eigenvalue weighted by atomic mass is 10.1. The van der Waals surface area contributed by atoms with Crippen LogP contribution in [-0.4, -0.2) is 35.1 Å². The van der Waals surface area contributed by atoms with Gasteiger partial charge in [-0.1, -0.05) is 24.3 Å². The van der Waals surface area contributed by atoms with E-state index in [1.54, 1.807) is 32.2 Å². The SMILES string of the molecule is COc1ccc(CON(C)C(=O)c2ncc(Nc3ncc(-c4ccc(C(F)(F)F)cc4)o3)cc2C)cc1. The smallest absolute Gasteiger partial charge is 0.416 e. The number of methoxy groups -OCH3 is 1. The summed E-state index contributed by atoms with van der Waals surface area (Å²) in [6, 6.07) is 13.7. The van der Waals surface area contributed by atoms with E-state index in [2.05, 4.69) is 15.3 Å². The topological polar surface area (TPSA) is 89.7 Å². The van der Waals surface area contributed by atoms with E-state index in [0.29, 0.717) is 22.6 Å². The van der Waals surface area contributed by atoms with Crippen molar-refractivity contribution in [3.8, 4) is 17.1 Å². The van der Waals surface area contributed by atoms with Gasteiger partial charge < -0.3 is 14.5 Å². The third-order valence-corrected chi connectivity index (χ3v) is 5.40. The number of alkyl halides is 3. The molecule has 37 heavy (non-hydrogen) atoms. The van der Waals surface area contributed by atoms with Gasteiger partial charge in [0.25, 0.3) is 11.9 Å². The molecule has 0 aliphatic carbocycles. The molecule has 1 amide bonds. The number of halogens is 3. The predicted molar refractivity (Wildman–Crippen MR) is 129 cm³/mol. The number of rotatable bonds is 8. The van der Waals surface area contributed by atoms with Gasteiger partial charge in [0.1, 0.15) is 18.1 Å². The molecule has 2 aromatic carbocycles. The van der Waals surface area contributed by atoms with E-state index in [0.717, 1.165) is 28.5 Å². The maximum atomic E-state index is 12.8. The Labute approximate surface area is 210 Å². The van der Waals surface area contributed by atoms with E-state index in [9.17, 15) is 18.0 Å². The Morgan fingerprint density at radius 2 is 1.76 bits per heavy atom. The minimum absolute atomic E-state index is 0.120. The van der Waals surface area contributed by atoms with Crippen molar-refractivity contribution >= 4 is 17.6 Å². The molecule has 0 unspecified atom stereocenters. The maximum Gasteiger partial charge on any atom is 0.416 e. The normalized spacial score (nSPS) is 11.3. The molecule has 8 nitrogen and oxygen atoms in total. The number of carbonyl (C=O) groups is 1. The zero-order chi connectivity index (χ0) is 26.6. The zero-order valence-corrected chi connectivity index (χ0v) is 20.2. The summed E-state index contributed by atoms with van der Waals surface area (Å²) < 4.78 is 49.0. The van der Waals surface area contributed by atoms with Gasteiger partial charge in [0, 0.05) is 12.6 Å². The number of anilines is 2. The first-order chi connectivity index (χ1) is 17.6.